The van der Waals surface area contributed by atoms with E-state index in [-0.39, 0.29) is 24.2 Å². The van der Waals surface area contributed by atoms with Crippen LogP contribution in [0.3, 0.4) is 0 Å². The van der Waals surface area contributed by atoms with E-state index in [2.05, 4.69) is 31.2 Å². The molecule has 0 spiro atoms. The highest BCUT2D eigenvalue weighted by molar-refractivity contribution is 5.85. The van der Waals surface area contributed by atoms with Gasteiger partial charge in [-0.3, -0.25) is 4.79 Å². The van der Waals surface area contributed by atoms with Gasteiger partial charge in [-0.25, -0.2) is 0 Å². The van der Waals surface area contributed by atoms with Crippen molar-refractivity contribution in [1.82, 2.24) is 4.90 Å². The molecule has 1 atom stereocenters. The summed E-state index contributed by atoms with van der Waals surface area (Å²) < 4.78 is 0. The van der Waals surface area contributed by atoms with Crippen molar-refractivity contribution in [3.63, 3.8) is 0 Å². The highest BCUT2D eigenvalue weighted by atomic mass is 35.5. The first kappa shape index (κ1) is 16.9. The summed E-state index contributed by atoms with van der Waals surface area (Å²) in [6.07, 6.45) is 1.04. The average Bonchev–Trinajstić information content (AvgIpc) is 2.37. The lowest BCUT2D eigenvalue weighted by atomic mass is 10.1. The molecule has 0 saturated heterocycles. The van der Waals surface area contributed by atoms with Crippen molar-refractivity contribution in [2.75, 3.05) is 13.6 Å². The summed E-state index contributed by atoms with van der Waals surface area (Å²) in [6.45, 7) is 5.04. The van der Waals surface area contributed by atoms with Crippen molar-refractivity contribution >= 4 is 18.3 Å². The number of carbonyl (C=O) groups excluding carboxylic acids is 1. The lowest BCUT2D eigenvalue weighted by Gasteiger charge is -2.20. The van der Waals surface area contributed by atoms with Crippen molar-refractivity contribution in [2.24, 2.45) is 11.7 Å². The second kappa shape index (κ2) is 8.11. The summed E-state index contributed by atoms with van der Waals surface area (Å²) >= 11 is 0. The Labute approximate surface area is 116 Å². The molecule has 1 rings (SSSR count). The minimum atomic E-state index is -0.102. The van der Waals surface area contributed by atoms with Crippen LogP contribution in [0.2, 0.25) is 0 Å². The second-order valence-corrected chi connectivity index (χ2v) is 4.50. The van der Waals surface area contributed by atoms with Crippen LogP contribution in [-0.4, -0.2) is 24.4 Å². The third-order valence-corrected chi connectivity index (χ3v) is 3.00. The van der Waals surface area contributed by atoms with Crippen molar-refractivity contribution in [3.8, 4) is 0 Å². The van der Waals surface area contributed by atoms with E-state index in [1.54, 1.807) is 4.90 Å². The molecular weight excluding hydrogens is 248 g/mol. The van der Waals surface area contributed by atoms with Crippen LogP contribution in [0, 0.1) is 5.92 Å². The number of hydrogen-bond acceptors (Lipinski definition) is 2. The zero-order chi connectivity index (χ0) is 12.8. The zero-order valence-electron chi connectivity index (χ0n) is 11.3. The Morgan fingerprint density at radius 2 is 1.78 bits per heavy atom. The summed E-state index contributed by atoms with van der Waals surface area (Å²) in [4.78, 5) is 13.6. The third kappa shape index (κ3) is 4.67. The molecule has 3 nitrogen and oxygen atoms in total. The number of hydrogen-bond donors (Lipinski definition) is 1. The molecule has 0 heterocycles. The maximum absolute atomic E-state index is 11.8. The quantitative estimate of drug-likeness (QED) is 0.892. The van der Waals surface area contributed by atoms with Crippen molar-refractivity contribution in [3.05, 3.63) is 35.4 Å². The molecule has 0 aliphatic carbocycles. The predicted octanol–water partition coefficient (Wildman–Crippen LogP) is 2.22. The largest absolute Gasteiger partial charge is 0.341 e. The maximum Gasteiger partial charge on any atom is 0.226 e. The number of amides is 1. The van der Waals surface area contributed by atoms with Gasteiger partial charge in [0.15, 0.2) is 0 Å². The molecule has 2 N–H and O–H groups in total. The van der Waals surface area contributed by atoms with Crippen molar-refractivity contribution in [1.29, 1.82) is 0 Å². The molecule has 0 aromatic heterocycles. The maximum atomic E-state index is 11.8. The fourth-order valence-corrected chi connectivity index (χ4v) is 1.71. The minimum Gasteiger partial charge on any atom is -0.341 e. The van der Waals surface area contributed by atoms with Crippen molar-refractivity contribution < 1.29 is 4.79 Å². The highest BCUT2D eigenvalue weighted by Crippen LogP contribution is 2.09. The van der Waals surface area contributed by atoms with E-state index in [0.29, 0.717) is 13.1 Å². The van der Waals surface area contributed by atoms with Gasteiger partial charge in [-0.2, -0.15) is 0 Å². The van der Waals surface area contributed by atoms with Crippen LogP contribution in [0.25, 0.3) is 0 Å². The lowest BCUT2D eigenvalue weighted by molar-refractivity contribution is -0.133. The van der Waals surface area contributed by atoms with Gasteiger partial charge in [-0.15, -0.1) is 12.4 Å². The van der Waals surface area contributed by atoms with Gasteiger partial charge in [0.05, 0.1) is 0 Å². The zero-order valence-corrected chi connectivity index (χ0v) is 12.2. The van der Waals surface area contributed by atoms with Crippen LogP contribution < -0.4 is 5.73 Å². The normalized spacial score (nSPS) is 11.6. The highest BCUT2D eigenvalue weighted by Gasteiger charge is 2.15. The topological polar surface area (TPSA) is 46.3 Å². The Bertz CT molecular complexity index is 365. The molecule has 0 aliphatic heterocycles. The van der Waals surface area contributed by atoms with E-state index in [0.717, 1.165) is 12.0 Å². The molecule has 0 aliphatic rings. The van der Waals surface area contributed by atoms with Gasteiger partial charge in [0.1, 0.15) is 0 Å². The molecule has 102 valence electrons. The van der Waals surface area contributed by atoms with Crippen LogP contribution >= 0.6 is 12.4 Å². The smallest absolute Gasteiger partial charge is 0.226 e. The number of carbonyl (C=O) groups is 1. The van der Waals surface area contributed by atoms with Crippen LogP contribution in [0.5, 0.6) is 0 Å². The van der Waals surface area contributed by atoms with E-state index in [4.69, 9.17) is 5.73 Å². The summed E-state index contributed by atoms with van der Waals surface area (Å²) in [5, 5.41) is 0. The van der Waals surface area contributed by atoms with Gasteiger partial charge >= 0.3 is 0 Å². The molecule has 1 amide bonds. The molecule has 0 saturated carbocycles. The SMILES string of the molecule is CCc1ccc(CN(C)C(=O)C(C)CN)cc1.Cl. The lowest BCUT2D eigenvalue weighted by Crippen LogP contribution is -2.34. The summed E-state index contributed by atoms with van der Waals surface area (Å²) in [5.41, 5.74) is 7.97. The first-order chi connectivity index (χ1) is 8.08. The van der Waals surface area contributed by atoms with Gasteiger partial charge in [-0.05, 0) is 17.5 Å². The van der Waals surface area contributed by atoms with Crippen LogP contribution in [0.4, 0.5) is 0 Å². The Hall–Kier alpha value is -1.06. The van der Waals surface area contributed by atoms with Gasteiger partial charge in [0.25, 0.3) is 0 Å². The standard InChI is InChI=1S/C14H22N2O.ClH/c1-4-12-5-7-13(8-6-12)10-16(3)14(17)11(2)9-15;/h5-8,11H,4,9-10,15H2,1-3H3;1H. The van der Waals surface area contributed by atoms with Gasteiger partial charge in [-0.1, -0.05) is 38.1 Å². The average molecular weight is 271 g/mol. The number of nitrogens with two attached hydrogens (primary N) is 1. The van der Waals surface area contributed by atoms with E-state index in [1.165, 1.54) is 5.56 Å². The second-order valence-electron chi connectivity index (χ2n) is 4.50. The van der Waals surface area contributed by atoms with Crippen molar-refractivity contribution in [2.45, 2.75) is 26.8 Å². The number of halogens is 1. The predicted molar refractivity (Wildman–Crippen MR) is 77.8 cm³/mol. The summed E-state index contributed by atoms with van der Waals surface area (Å²) in [5.74, 6) is 0.00184. The monoisotopic (exact) mass is 270 g/mol. The summed E-state index contributed by atoms with van der Waals surface area (Å²) in [6, 6.07) is 8.38. The van der Waals surface area contributed by atoms with Crippen LogP contribution in [-0.2, 0) is 17.8 Å². The van der Waals surface area contributed by atoms with E-state index in [9.17, 15) is 4.79 Å². The molecule has 1 aromatic rings. The molecule has 0 radical (unpaired) electrons. The van der Waals surface area contributed by atoms with E-state index < -0.39 is 0 Å². The fourth-order valence-electron chi connectivity index (χ4n) is 1.71. The van der Waals surface area contributed by atoms with Gasteiger partial charge in [0.2, 0.25) is 5.91 Å². The van der Waals surface area contributed by atoms with Gasteiger partial charge in [0, 0.05) is 26.1 Å². The molecule has 0 bridgehead atoms. The van der Waals surface area contributed by atoms with Crippen LogP contribution in [0.1, 0.15) is 25.0 Å². The fraction of sp³-hybridized carbons (Fsp3) is 0.500. The Morgan fingerprint density at radius 3 is 2.22 bits per heavy atom. The Balaban J connectivity index is 0.00000289. The molecule has 1 unspecified atom stereocenters. The number of benzene rings is 1. The Kier molecular flexibility index (Phi) is 7.64. The number of nitrogens with zero attached hydrogens (tertiary/aromatic N) is 1. The third-order valence-electron chi connectivity index (χ3n) is 3.00. The first-order valence-electron chi connectivity index (χ1n) is 6.11. The Morgan fingerprint density at radius 1 is 1.28 bits per heavy atom. The molecule has 0 fully saturated rings. The van der Waals surface area contributed by atoms with E-state index >= 15 is 0 Å². The van der Waals surface area contributed by atoms with E-state index in [1.807, 2.05) is 14.0 Å². The van der Waals surface area contributed by atoms with Gasteiger partial charge < -0.3 is 10.6 Å². The number of rotatable bonds is 5. The minimum absolute atomic E-state index is 0. The van der Waals surface area contributed by atoms with Crippen LogP contribution in [0.15, 0.2) is 24.3 Å². The molecule has 18 heavy (non-hydrogen) atoms. The molecule has 4 heteroatoms. The molecular formula is C14H23ClN2O. The number of aryl methyl sites for hydroxylation is 1. The first-order valence-corrected chi connectivity index (χ1v) is 6.11. The summed E-state index contributed by atoms with van der Waals surface area (Å²) in [7, 11) is 1.82. The molecule has 1 aromatic carbocycles.